The molecule has 0 saturated heterocycles. The second kappa shape index (κ2) is 6.56. The van der Waals surface area contributed by atoms with Gasteiger partial charge in [-0.25, -0.2) is 0 Å². The lowest BCUT2D eigenvalue weighted by molar-refractivity contribution is 0.0711. The number of rotatable bonds is 5. The van der Waals surface area contributed by atoms with Crippen molar-refractivity contribution in [3.63, 3.8) is 0 Å². The van der Waals surface area contributed by atoms with Crippen molar-refractivity contribution in [2.24, 2.45) is 11.8 Å². The largest absolute Gasteiger partial charge is 0.392 e. The van der Waals surface area contributed by atoms with Crippen molar-refractivity contribution in [3.05, 3.63) is 18.0 Å². The Kier molecular flexibility index (Phi) is 5.03. The molecule has 0 aliphatic heterocycles. The first-order valence-corrected chi connectivity index (χ1v) is 7.82. The molecule has 1 aliphatic carbocycles. The maximum absolute atomic E-state index is 10.4. The third kappa shape index (κ3) is 3.82. The summed E-state index contributed by atoms with van der Waals surface area (Å²) in [6.45, 7) is 6.65. The van der Waals surface area contributed by atoms with Gasteiger partial charge in [-0.3, -0.25) is 4.68 Å². The molecule has 1 saturated carbocycles. The van der Waals surface area contributed by atoms with E-state index in [9.17, 15) is 5.11 Å². The minimum Gasteiger partial charge on any atom is -0.392 e. The quantitative estimate of drug-likeness (QED) is 0.882. The smallest absolute Gasteiger partial charge is 0.0650 e. The summed E-state index contributed by atoms with van der Waals surface area (Å²) in [6.07, 6.45) is 8.56. The lowest BCUT2D eigenvalue weighted by Crippen LogP contribution is -2.27. The molecule has 19 heavy (non-hydrogen) atoms. The molecule has 1 aromatic heterocycles. The molecule has 1 heterocycles. The predicted octanol–water partition coefficient (Wildman–Crippen LogP) is 3.58. The van der Waals surface area contributed by atoms with Crippen LogP contribution in [0.3, 0.4) is 0 Å². The van der Waals surface area contributed by atoms with E-state index in [1.54, 1.807) is 0 Å². The van der Waals surface area contributed by atoms with Gasteiger partial charge in [0.05, 0.1) is 11.8 Å². The number of aliphatic hydroxyl groups excluding tert-OH is 1. The lowest BCUT2D eigenvalue weighted by atomic mass is 9.78. The number of aliphatic hydroxyl groups is 1. The number of hydrogen-bond donors (Lipinski definition) is 1. The van der Waals surface area contributed by atoms with Crippen molar-refractivity contribution >= 4 is 0 Å². The molecule has 4 atom stereocenters. The molecule has 3 heteroatoms. The molecule has 1 aromatic rings. The van der Waals surface area contributed by atoms with Crippen molar-refractivity contribution in [3.8, 4) is 0 Å². The van der Waals surface area contributed by atoms with E-state index in [1.807, 2.05) is 10.9 Å². The standard InChI is InChI=1S/C16H28N2O/c1-4-13(3)18-9-8-15(17-18)11-16(19)14-7-5-6-12(2)10-14/h8-9,12-14,16,19H,4-7,10-11H2,1-3H3. The summed E-state index contributed by atoms with van der Waals surface area (Å²) in [4.78, 5) is 0. The lowest BCUT2D eigenvalue weighted by Gasteiger charge is -2.30. The summed E-state index contributed by atoms with van der Waals surface area (Å²) in [5.74, 6) is 1.24. The number of nitrogens with zero attached hydrogens (tertiary/aromatic N) is 2. The van der Waals surface area contributed by atoms with E-state index >= 15 is 0 Å². The molecule has 3 nitrogen and oxygen atoms in total. The molecular weight excluding hydrogens is 236 g/mol. The van der Waals surface area contributed by atoms with Gasteiger partial charge in [0, 0.05) is 18.7 Å². The van der Waals surface area contributed by atoms with Crippen molar-refractivity contribution < 1.29 is 5.11 Å². The molecule has 0 radical (unpaired) electrons. The third-order valence-electron chi connectivity index (χ3n) is 4.65. The fraction of sp³-hybridized carbons (Fsp3) is 0.812. The Labute approximate surface area is 117 Å². The molecule has 1 aliphatic rings. The highest BCUT2D eigenvalue weighted by molar-refractivity contribution is 5.02. The van der Waals surface area contributed by atoms with Crippen LogP contribution < -0.4 is 0 Å². The van der Waals surface area contributed by atoms with Crippen LogP contribution in [0.1, 0.15) is 64.6 Å². The Bertz CT molecular complexity index is 388. The zero-order valence-corrected chi connectivity index (χ0v) is 12.5. The topological polar surface area (TPSA) is 38.0 Å². The average molecular weight is 264 g/mol. The SMILES string of the molecule is CCC(C)n1ccc(CC(O)C2CCCC(C)C2)n1. The van der Waals surface area contributed by atoms with Gasteiger partial charge in [-0.1, -0.05) is 26.7 Å². The fourth-order valence-electron chi connectivity index (χ4n) is 3.13. The van der Waals surface area contributed by atoms with E-state index in [1.165, 1.54) is 25.7 Å². The molecule has 4 unspecified atom stereocenters. The Morgan fingerprint density at radius 2 is 2.26 bits per heavy atom. The summed E-state index contributed by atoms with van der Waals surface area (Å²) >= 11 is 0. The van der Waals surface area contributed by atoms with Crippen LogP contribution in [0.15, 0.2) is 12.3 Å². The van der Waals surface area contributed by atoms with Crippen LogP contribution in [-0.2, 0) is 6.42 Å². The van der Waals surface area contributed by atoms with Crippen molar-refractivity contribution in [2.45, 2.75) is 71.4 Å². The van der Waals surface area contributed by atoms with Crippen LogP contribution >= 0.6 is 0 Å². The van der Waals surface area contributed by atoms with Gasteiger partial charge in [0.2, 0.25) is 0 Å². The van der Waals surface area contributed by atoms with Gasteiger partial charge in [0.1, 0.15) is 0 Å². The van der Waals surface area contributed by atoms with Crippen LogP contribution in [0.5, 0.6) is 0 Å². The maximum Gasteiger partial charge on any atom is 0.0650 e. The average Bonchev–Trinajstić information content (AvgIpc) is 2.86. The first-order valence-electron chi connectivity index (χ1n) is 7.82. The summed E-state index contributed by atoms with van der Waals surface area (Å²) in [5.41, 5.74) is 1.03. The molecule has 0 aromatic carbocycles. The molecule has 1 N–H and O–H groups in total. The first kappa shape index (κ1) is 14.6. The van der Waals surface area contributed by atoms with Crippen LogP contribution in [0.25, 0.3) is 0 Å². The van der Waals surface area contributed by atoms with Crippen molar-refractivity contribution in [1.29, 1.82) is 0 Å². The van der Waals surface area contributed by atoms with Crippen molar-refractivity contribution in [2.75, 3.05) is 0 Å². The van der Waals surface area contributed by atoms with Gasteiger partial charge in [-0.05, 0) is 44.1 Å². The van der Waals surface area contributed by atoms with Crippen LogP contribution in [0, 0.1) is 11.8 Å². The van der Waals surface area contributed by atoms with Gasteiger partial charge in [-0.2, -0.15) is 5.10 Å². The molecule has 0 spiro atoms. The summed E-state index contributed by atoms with van der Waals surface area (Å²) in [5, 5.41) is 15.0. The fourth-order valence-corrected chi connectivity index (χ4v) is 3.13. The Morgan fingerprint density at radius 1 is 1.47 bits per heavy atom. The van der Waals surface area contributed by atoms with Gasteiger partial charge >= 0.3 is 0 Å². The number of hydrogen-bond acceptors (Lipinski definition) is 2. The maximum atomic E-state index is 10.4. The van der Waals surface area contributed by atoms with Gasteiger partial charge in [-0.15, -0.1) is 0 Å². The highest BCUT2D eigenvalue weighted by Crippen LogP contribution is 2.31. The van der Waals surface area contributed by atoms with Gasteiger partial charge in [0.15, 0.2) is 0 Å². The zero-order chi connectivity index (χ0) is 13.8. The minimum atomic E-state index is -0.219. The Hall–Kier alpha value is -0.830. The zero-order valence-electron chi connectivity index (χ0n) is 12.5. The molecule has 108 valence electrons. The van der Waals surface area contributed by atoms with Crippen LogP contribution in [0.2, 0.25) is 0 Å². The van der Waals surface area contributed by atoms with Crippen LogP contribution in [0.4, 0.5) is 0 Å². The summed E-state index contributed by atoms with van der Waals surface area (Å²) in [7, 11) is 0. The van der Waals surface area contributed by atoms with E-state index in [4.69, 9.17) is 0 Å². The van der Waals surface area contributed by atoms with E-state index in [0.29, 0.717) is 18.4 Å². The van der Waals surface area contributed by atoms with Gasteiger partial charge < -0.3 is 5.11 Å². The second-order valence-electron chi connectivity index (χ2n) is 6.35. The summed E-state index contributed by atoms with van der Waals surface area (Å²) < 4.78 is 2.02. The Balaban J connectivity index is 1.91. The van der Waals surface area contributed by atoms with E-state index in [0.717, 1.165) is 18.0 Å². The molecule has 1 fully saturated rings. The van der Waals surface area contributed by atoms with Crippen LogP contribution in [-0.4, -0.2) is 21.0 Å². The molecule has 2 rings (SSSR count). The second-order valence-corrected chi connectivity index (χ2v) is 6.35. The first-order chi connectivity index (χ1) is 9.10. The summed E-state index contributed by atoms with van der Waals surface area (Å²) in [6, 6.07) is 2.50. The molecular formula is C16H28N2O. The van der Waals surface area contributed by atoms with E-state index in [-0.39, 0.29) is 6.10 Å². The highest BCUT2D eigenvalue weighted by Gasteiger charge is 2.25. The normalized spacial score (nSPS) is 27.2. The van der Waals surface area contributed by atoms with Crippen molar-refractivity contribution in [1.82, 2.24) is 9.78 Å². The minimum absolute atomic E-state index is 0.219. The van der Waals surface area contributed by atoms with E-state index in [2.05, 4.69) is 31.9 Å². The van der Waals surface area contributed by atoms with E-state index < -0.39 is 0 Å². The molecule has 0 bridgehead atoms. The highest BCUT2D eigenvalue weighted by atomic mass is 16.3. The monoisotopic (exact) mass is 264 g/mol. The Morgan fingerprint density at radius 3 is 2.95 bits per heavy atom. The number of aromatic nitrogens is 2. The van der Waals surface area contributed by atoms with Gasteiger partial charge in [0.25, 0.3) is 0 Å². The molecule has 0 amide bonds. The predicted molar refractivity (Wildman–Crippen MR) is 78.1 cm³/mol. The third-order valence-corrected chi connectivity index (χ3v) is 4.65.